The van der Waals surface area contributed by atoms with Crippen molar-refractivity contribution < 1.29 is 13.2 Å². The number of halogens is 1. The fourth-order valence-electron chi connectivity index (χ4n) is 2.20. The van der Waals surface area contributed by atoms with Gasteiger partial charge in [0.25, 0.3) is 10.0 Å². The zero-order valence-corrected chi connectivity index (χ0v) is 13.3. The molecule has 1 aliphatic rings. The summed E-state index contributed by atoms with van der Waals surface area (Å²) in [5.41, 5.74) is 0.352. The summed E-state index contributed by atoms with van der Waals surface area (Å²) in [5, 5.41) is 6.60. The highest BCUT2D eigenvalue weighted by molar-refractivity contribution is 7.92. The lowest BCUT2D eigenvalue weighted by Crippen LogP contribution is -2.21. The number of hydrogen-bond donors (Lipinski definition) is 2. The summed E-state index contributed by atoms with van der Waals surface area (Å²) in [6, 6.07) is 4.60. The zero-order chi connectivity index (χ0) is 15.6. The summed E-state index contributed by atoms with van der Waals surface area (Å²) in [6.07, 6.45) is 6.31. The van der Waals surface area contributed by atoms with Crippen LogP contribution in [0.5, 0.6) is 5.75 Å². The third-order valence-corrected chi connectivity index (χ3v) is 5.28. The van der Waals surface area contributed by atoms with Gasteiger partial charge in [-0.2, -0.15) is 5.10 Å². The normalized spacial score (nSPS) is 15.3. The number of nitrogens with one attached hydrogen (secondary N) is 2. The monoisotopic (exact) mass is 341 g/mol. The number of aromatic nitrogens is 2. The van der Waals surface area contributed by atoms with E-state index in [1.54, 1.807) is 12.1 Å². The van der Waals surface area contributed by atoms with E-state index in [2.05, 4.69) is 14.9 Å². The Morgan fingerprint density at radius 1 is 1.41 bits per heavy atom. The molecular formula is C14H16ClN3O3S. The minimum Gasteiger partial charge on any atom is -0.492 e. The van der Waals surface area contributed by atoms with Gasteiger partial charge in [-0.25, -0.2) is 8.42 Å². The zero-order valence-electron chi connectivity index (χ0n) is 11.8. The van der Waals surface area contributed by atoms with Crippen molar-refractivity contribution in [3.8, 4) is 5.75 Å². The number of ether oxygens (including phenoxy) is 1. The van der Waals surface area contributed by atoms with Crippen LogP contribution in [0.1, 0.15) is 19.3 Å². The Morgan fingerprint density at radius 2 is 2.23 bits per heavy atom. The molecule has 0 radical (unpaired) electrons. The molecule has 0 unspecified atom stereocenters. The number of H-pyrrole nitrogens is 1. The van der Waals surface area contributed by atoms with Gasteiger partial charge in [-0.1, -0.05) is 18.0 Å². The van der Waals surface area contributed by atoms with Gasteiger partial charge >= 0.3 is 0 Å². The third-order valence-electron chi connectivity index (χ3n) is 3.64. The predicted octanol–water partition coefficient (Wildman–Crippen LogP) is 3.04. The standard InChI is InChI=1S/C14H16ClN3O3S/c15-11-4-5-13(21-9-10-2-1-3-10)14(6-11)22(19,20)18-12-7-16-17-8-12/h4-8,10,18H,1-3,9H2,(H,16,17). The lowest BCUT2D eigenvalue weighted by Gasteiger charge is -2.25. The average Bonchev–Trinajstić information content (AvgIpc) is 2.90. The third kappa shape index (κ3) is 3.36. The quantitative estimate of drug-likeness (QED) is 0.845. The molecule has 118 valence electrons. The molecule has 1 aliphatic carbocycles. The van der Waals surface area contributed by atoms with Crippen molar-refractivity contribution >= 4 is 27.3 Å². The van der Waals surface area contributed by atoms with Crippen LogP contribution in [-0.2, 0) is 10.0 Å². The van der Waals surface area contributed by atoms with E-state index < -0.39 is 10.0 Å². The molecule has 2 N–H and O–H groups in total. The Kier molecular flexibility index (Phi) is 4.26. The van der Waals surface area contributed by atoms with Crippen LogP contribution in [0.25, 0.3) is 0 Å². The van der Waals surface area contributed by atoms with E-state index in [0.29, 0.717) is 29.0 Å². The average molecular weight is 342 g/mol. The van der Waals surface area contributed by atoms with Crippen molar-refractivity contribution in [2.75, 3.05) is 11.3 Å². The predicted molar refractivity (Wildman–Crippen MR) is 83.7 cm³/mol. The highest BCUT2D eigenvalue weighted by Gasteiger charge is 2.23. The molecule has 0 atom stereocenters. The van der Waals surface area contributed by atoms with Crippen LogP contribution < -0.4 is 9.46 Å². The highest BCUT2D eigenvalue weighted by Crippen LogP contribution is 2.31. The summed E-state index contributed by atoms with van der Waals surface area (Å²) in [5.74, 6) is 0.820. The molecule has 1 saturated carbocycles. The van der Waals surface area contributed by atoms with E-state index >= 15 is 0 Å². The molecule has 6 nitrogen and oxygen atoms in total. The minimum absolute atomic E-state index is 0.0283. The number of nitrogens with zero attached hydrogens (tertiary/aromatic N) is 1. The van der Waals surface area contributed by atoms with E-state index in [-0.39, 0.29) is 4.90 Å². The van der Waals surface area contributed by atoms with Crippen LogP contribution in [-0.4, -0.2) is 25.2 Å². The maximum atomic E-state index is 12.5. The Bertz CT molecular complexity index is 743. The highest BCUT2D eigenvalue weighted by atomic mass is 35.5. The van der Waals surface area contributed by atoms with Gasteiger partial charge < -0.3 is 4.74 Å². The molecule has 1 aromatic heterocycles. The van der Waals surface area contributed by atoms with Crippen LogP contribution in [0.2, 0.25) is 5.02 Å². The molecule has 1 aromatic carbocycles. The molecule has 3 rings (SSSR count). The van der Waals surface area contributed by atoms with E-state index in [4.69, 9.17) is 16.3 Å². The molecular weight excluding hydrogens is 326 g/mol. The molecule has 1 heterocycles. The van der Waals surface area contributed by atoms with Gasteiger partial charge in [0, 0.05) is 11.2 Å². The van der Waals surface area contributed by atoms with Gasteiger partial charge in [0.05, 0.1) is 18.5 Å². The lowest BCUT2D eigenvalue weighted by atomic mass is 9.86. The second-order valence-corrected chi connectivity index (χ2v) is 7.38. The molecule has 8 heteroatoms. The van der Waals surface area contributed by atoms with E-state index in [1.165, 1.54) is 24.9 Å². The first-order chi connectivity index (χ1) is 10.5. The topological polar surface area (TPSA) is 84.1 Å². The lowest BCUT2D eigenvalue weighted by molar-refractivity contribution is 0.177. The molecule has 22 heavy (non-hydrogen) atoms. The van der Waals surface area contributed by atoms with Gasteiger partial charge in [-0.3, -0.25) is 9.82 Å². The largest absolute Gasteiger partial charge is 0.492 e. The second-order valence-electron chi connectivity index (χ2n) is 5.29. The molecule has 0 aliphatic heterocycles. The number of benzene rings is 1. The van der Waals surface area contributed by atoms with Crippen LogP contribution in [0.3, 0.4) is 0 Å². The maximum Gasteiger partial charge on any atom is 0.265 e. The minimum atomic E-state index is -3.79. The first-order valence-electron chi connectivity index (χ1n) is 6.98. The molecule has 0 bridgehead atoms. The van der Waals surface area contributed by atoms with Gasteiger partial charge in [-0.15, -0.1) is 0 Å². The molecule has 0 amide bonds. The number of rotatable bonds is 6. The van der Waals surface area contributed by atoms with Crippen molar-refractivity contribution in [1.29, 1.82) is 0 Å². The van der Waals surface area contributed by atoms with Gasteiger partial charge in [0.15, 0.2) is 0 Å². The summed E-state index contributed by atoms with van der Waals surface area (Å²) >= 11 is 5.94. The smallest absolute Gasteiger partial charge is 0.265 e. The van der Waals surface area contributed by atoms with Crippen LogP contribution in [0.15, 0.2) is 35.5 Å². The van der Waals surface area contributed by atoms with Crippen molar-refractivity contribution in [2.24, 2.45) is 5.92 Å². The molecule has 1 fully saturated rings. The van der Waals surface area contributed by atoms with Crippen molar-refractivity contribution in [1.82, 2.24) is 10.2 Å². The fraction of sp³-hybridized carbons (Fsp3) is 0.357. The van der Waals surface area contributed by atoms with Gasteiger partial charge in [0.1, 0.15) is 10.6 Å². The van der Waals surface area contributed by atoms with E-state index in [0.717, 1.165) is 12.8 Å². The number of sulfonamides is 1. The number of anilines is 1. The molecule has 0 saturated heterocycles. The van der Waals surface area contributed by atoms with Crippen molar-refractivity contribution in [3.63, 3.8) is 0 Å². The van der Waals surface area contributed by atoms with E-state index in [9.17, 15) is 8.42 Å². The Labute approximate surface area is 133 Å². The number of hydrogen-bond acceptors (Lipinski definition) is 4. The van der Waals surface area contributed by atoms with Crippen molar-refractivity contribution in [2.45, 2.75) is 24.2 Å². The van der Waals surface area contributed by atoms with Gasteiger partial charge in [0.2, 0.25) is 0 Å². The molecule has 2 aromatic rings. The molecule has 0 spiro atoms. The first kappa shape index (κ1) is 15.2. The Morgan fingerprint density at radius 3 is 2.86 bits per heavy atom. The summed E-state index contributed by atoms with van der Waals surface area (Å²) in [4.78, 5) is 0.0283. The van der Waals surface area contributed by atoms with E-state index in [1.807, 2.05) is 0 Å². The summed E-state index contributed by atoms with van der Waals surface area (Å²) < 4.78 is 33.2. The Hall–Kier alpha value is -1.73. The second kappa shape index (κ2) is 6.18. The van der Waals surface area contributed by atoms with Crippen LogP contribution in [0.4, 0.5) is 5.69 Å². The SMILES string of the molecule is O=S(=O)(Nc1cn[nH]c1)c1cc(Cl)ccc1OCC1CCC1. The Balaban J connectivity index is 1.84. The summed E-state index contributed by atoms with van der Waals surface area (Å²) in [7, 11) is -3.79. The van der Waals surface area contributed by atoms with Crippen molar-refractivity contribution in [3.05, 3.63) is 35.6 Å². The van der Waals surface area contributed by atoms with Crippen LogP contribution in [0, 0.1) is 5.92 Å². The van der Waals surface area contributed by atoms with Gasteiger partial charge in [-0.05, 0) is 37.0 Å². The number of aromatic amines is 1. The fourth-order valence-corrected chi connectivity index (χ4v) is 3.64. The maximum absolute atomic E-state index is 12.5. The van der Waals surface area contributed by atoms with Crippen LogP contribution >= 0.6 is 11.6 Å². The first-order valence-corrected chi connectivity index (χ1v) is 8.85. The summed E-state index contributed by atoms with van der Waals surface area (Å²) in [6.45, 7) is 0.524.